The Hall–Kier alpha value is -0.500. The summed E-state index contributed by atoms with van der Waals surface area (Å²) in [6, 6.07) is 0. The van der Waals surface area contributed by atoms with Crippen LogP contribution in [0.1, 0.15) is 51.4 Å². The van der Waals surface area contributed by atoms with Gasteiger partial charge in [-0.15, -0.1) is 11.8 Å². The highest BCUT2D eigenvalue weighted by molar-refractivity contribution is 8.01. The van der Waals surface area contributed by atoms with E-state index in [9.17, 15) is 19.8 Å². The zero-order valence-electron chi connectivity index (χ0n) is 15.8. The summed E-state index contributed by atoms with van der Waals surface area (Å²) in [5.41, 5.74) is 0. The molecule has 0 aromatic heterocycles. The van der Waals surface area contributed by atoms with Crippen molar-refractivity contribution >= 4 is 35.3 Å². The minimum atomic E-state index is -0.807. The number of Topliss-reactive ketones (excluding diaryl/α,β-unsaturated/α-hetero) is 1. The van der Waals surface area contributed by atoms with Gasteiger partial charge in [0, 0.05) is 12.3 Å². The lowest BCUT2D eigenvalue weighted by Gasteiger charge is -2.23. The van der Waals surface area contributed by atoms with Crippen LogP contribution in [0.3, 0.4) is 0 Å². The number of rotatable bonds is 11. The lowest BCUT2D eigenvalue weighted by Crippen LogP contribution is -2.22. The number of carboxylic acid groups (broad SMARTS) is 1. The molecule has 2 fully saturated rings. The van der Waals surface area contributed by atoms with E-state index in [1.807, 2.05) is 6.08 Å². The van der Waals surface area contributed by atoms with Crippen molar-refractivity contribution in [3.8, 4) is 0 Å². The van der Waals surface area contributed by atoms with Crippen molar-refractivity contribution in [3.63, 3.8) is 0 Å². The molecule has 2 aliphatic carbocycles. The molecule has 0 unspecified atom stereocenters. The van der Waals surface area contributed by atoms with E-state index in [1.54, 1.807) is 17.8 Å². The lowest BCUT2D eigenvalue weighted by molar-refractivity contribution is -0.133. The van der Waals surface area contributed by atoms with Crippen molar-refractivity contribution < 1.29 is 24.9 Å². The summed E-state index contributed by atoms with van der Waals surface area (Å²) in [6.07, 6.45) is 10.4. The molecule has 154 valence electrons. The average molecular weight is 417 g/mol. The fraction of sp³-hybridized carbons (Fsp3) is 0.800. The summed E-state index contributed by atoms with van der Waals surface area (Å²) in [5, 5.41) is 28.9. The summed E-state index contributed by atoms with van der Waals surface area (Å²) in [6.45, 7) is 0. The number of hydrogen-bond donors (Lipinski definition) is 3. The third kappa shape index (κ3) is 8.18. The lowest BCUT2D eigenvalue weighted by atomic mass is 9.85. The van der Waals surface area contributed by atoms with Gasteiger partial charge in [-0.05, 0) is 30.3 Å². The standard InChI is InChI=1S/C20H32O5S2/c21-15(11-14-5-2-1-3-6-14)7-8-16-17(22)12-18(23)20(16)27-10-4-9-26-13-19(24)25/h7-8,14-17,20-22H,1-6,9-13H2,(H,24,25)/b8-7+/t15-,16+,17-,20-/m1/s1. The Morgan fingerprint density at radius 3 is 2.67 bits per heavy atom. The van der Waals surface area contributed by atoms with Crippen LogP contribution < -0.4 is 0 Å². The van der Waals surface area contributed by atoms with E-state index in [0.29, 0.717) is 5.92 Å². The average Bonchev–Trinajstić information content (AvgIpc) is 2.89. The predicted molar refractivity (Wildman–Crippen MR) is 111 cm³/mol. The van der Waals surface area contributed by atoms with E-state index in [1.165, 1.54) is 43.9 Å². The summed E-state index contributed by atoms with van der Waals surface area (Å²) in [7, 11) is 0. The molecule has 7 heteroatoms. The Morgan fingerprint density at radius 1 is 1.22 bits per heavy atom. The van der Waals surface area contributed by atoms with E-state index in [-0.39, 0.29) is 29.1 Å². The molecule has 2 rings (SSSR count). The van der Waals surface area contributed by atoms with Crippen molar-refractivity contribution in [1.29, 1.82) is 0 Å². The Bertz CT molecular complexity index is 505. The van der Waals surface area contributed by atoms with Gasteiger partial charge in [-0.1, -0.05) is 44.3 Å². The van der Waals surface area contributed by atoms with Crippen LogP contribution in [0.15, 0.2) is 12.2 Å². The van der Waals surface area contributed by atoms with Crippen molar-refractivity contribution in [1.82, 2.24) is 0 Å². The van der Waals surface area contributed by atoms with Crippen LogP contribution >= 0.6 is 23.5 Å². The number of hydrogen-bond acceptors (Lipinski definition) is 6. The molecule has 5 nitrogen and oxygen atoms in total. The fourth-order valence-electron chi connectivity index (χ4n) is 3.94. The van der Waals surface area contributed by atoms with Gasteiger partial charge in [0.1, 0.15) is 5.78 Å². The van der Waals surface area contributed by atoms with Crippen molar-refractivity contribution in [3.05, 3.63) is 12.2 Å². The molecule has 4 atom stereocenters. The first-order valence-corrected chi connectivity index (χ1v) is 12.2. The SMILES string of the molecule is O=C(O)CSCCCS[C@H]1C(=O)C[C@@H](O)[C@@H]1/C=C/[C@@H](O)CC1CCCCC1. The molecule has 3 N–H and O–H groups in total. The first kappa shape index (κ1) is 22.8. The van der Waals surface area contributed by atoms with Crippen LogP contribution in [0.25, 0.3) is 0 Å². The molecule has 0 heterocycles. The van der Waals surface area contributed by atoms with E-state index in [4.69, 9.17) is 5.11 Å². The molecule has 0 amide bonds. The Kier molecular flexibility index (Phi) is 10.2. The van der Waals surface area contributed by atoms with E-state index < -0.39 is 18.2 Å². The maximum Gasteiger partial charge on any atom is 0.313 e. The minimum Gasteiger partial charge on any atom is -0.481 e. The normalized spacial score (nSPS) is 28.1. The second-order valence-electron chi connectivity index (χ2n) is 7.60. The number of carboxylic acids is 1. The highest BCUT2D eigenvalue weighted by Crippen LogP contribution is 2.35. The Labute approximate surface area is 170 Å². The predicted octanol–water partition coefficient (Wildman–Crippen LogP) is 3.13. The number of ketones is 1. The van der Waals surface area contributed by atoms with Crippen LogP contribution in [-0.4, -0.2) is 61.8 Å². The van der Waals surface area contributed by atoms with Gasteiger partial charge in [-0.25, -0.2) is 0 Å². The van der Waals surface area contributed by atoms with Crippen LogP contribution in [0, 0.1) is 11.8 Å². The van der Waals surface area contributed by atoms with Crippen molar-refractivity contribution in [2.24, 2.45) is 11.8 Å². The molecular weight excluding hydrogens is 384 g/mol. The molecule has 27 heavy (non-hydrogen) atoms. The van der Waals surface area contributed by atoms with Gasteiger partial charge in [-0.2, -0.15) is 11.8 Å². The van der Waals surface area contributed by atoms with E-state index in [2.05, 4.69) is 0 Å². The quantitative estimate of drug-likeness (QED) is 0.352. The molecule has 0 radical (unpaired) electrons. The summed E-state index contributed by atoms with van der Waals surface area (Å²) in [5.74, 6) is 1.24. The molecule has 2 saturated carbocycles. The molecule has 0 bridgehead atoms. The van der Waals surface area contributed by atoms with E-state index >= 15 is 0 Å². The number of thioether (sulfide) groups is 2. The second kappa shape index (κ2) is 12.1. The van der Waals surface area contributed by atoms with Crippen LogP contribution in [0.4, 0.5) is 0 Å². The molecule has 0 aromatic carbocycles. The number of aliphatic hydroxyl groups is 2. The fourth-order valence-corrected chi connectivity index (χ4v) is 6.13. The molecule has 2 aliphatic rings. The highest BCUT2D eigenvalue weighted by atomic mass is 32.2. The van der Waals surface area contributed by atoms with Crippen LogP contribution in [-0.2, 0) is 9.59 Å². The molecule has 0 aromatic rings. The summed E-state index contributed by atoms with van der Waals surface area (Å²) in [4.78, 5) is 22.7. The van der Waals surface area contributed by atoms with Crippen molar-refractivity contribution in [2.75, 3.05) is 17.3 Å². The summed E-state index contributed by atoms with van der Waals surface area (Å²) < 4.78 is 0. The number of carbonyl (C=O) groups is 2. The highest BCUT2D eigenvalue weighted by Gasteiger charge is 2.40. The van der Waals surface area contributed by atoms with Gasteiger partial charge in [0.15, 0.2) is 0 Å². The molecule has 0 aliphatic heterocycles. The minimum absolute atomic E-state index is 0.0714. The third-order valence-corrected chi connectivity index (χ3v) is 7.82. The maximum atomic E-state index is 12.2. The first-order chi connectivity index (χ1) is 13.0. The summed E-state index contributed by atoms with van der Waals surface area (Å²) >= 11 is 2.93. The smallest absolute Gasteiger partial charge is 0.313 e. The van der Waals surface area contributed by atoms with Crippen LogP contribution in [0.2, 0.25) is 0 Å². The first-order valence-electron chi connectivity index (χ1n) is 9.95. The molecular formula is C20H32O5S2. The topological polar surface area (TPSA) is 94.8 Å². The van der Waals surface area contributed by atoms with Gasteiger partial charge in [0.25, 0.3) is 0 Å². The van der Waals surface area contributed by atoms with Gasteiger partial charge < -0.3 is 15.3 Å². The van der Waals surface area contributed by atoms with E-state index in [0.717, 1.165) is 24.3 Å². The number of aliphatic hydroxyl groups excluding tert-OH is 2. The monoisotopic (exact) mass is 416 g/mol. The Morgan fingerprint density at radius 2 is 1.96 bits per heavy atom. The van der Waals surface area contributed by atoms with Gasteiger partial charge in [0.2, 0.25) is 0 Å². The van der Waals surface area contributed by atoms with Crippen molar-refractivity contribution in [2.45, 2.75) is 68.8 Å². The molecule has 0 spiro atoms. The number of carbonyl (C=O) groups excluding carboxylic acids is 1. The zero-order valence-corrected chi connectivity index (χ0v) is 17.4. The zero-order chi connectivity index (χ0) is 19.6. The largest absolute Gasteiger partial charge is 0.481 e. The van der Waals surface area contributed by atoms with Gasteiger partial charge >= 0.3 is 5.97 Å². The number of aliphatic carboxylic acids is 1. The molecule has 0 saturated heterocycles. The second-order valence-corrected chi connectivity index (χ2v) is 9.95. The Balaban J connectivity index is 1.76. The van der Waals surface area contributed by atoms with Gasteiger partial charge in [0.05, 0.1) is 23.2 Å². The van der Waals surface area contributed by atoms with Gasteiger partial charge in [-0.3, -0.25) is 9.59 Å². The maximum absolute atomic E-state index is 12.2. The third-order valence-electron chi connectivity index (χ3n) is 5.33. The van der Waals surface area contributed by atoms with Crippen LogP contribution in [0.5, 0.6) is 0 Å².